The predicted octanol–water partition coefficient (Wildman–Crippen LogP) is 4.45. The molecule has 0 saturated carbocycles. The molecule has 116 valence electrons. The van der Waals surface area contributed by atoms with Gasteiger partial charge in [0.25, 0.3) is 0 Å². The average Bonchev–Trinajstić information content (AvgIpc) is 2.85. The van der Waals surface area contributed by atoms with Crippen molar-refractivity contribution < 1.29 is 0 Å². The molecule has 1 N–H and O–H groups in total. The molecule has 0 radical (unpaired) electrons. The summed E-state index contributed by atoms with van der Waals surface area (Å²) in [6.45, 7) is 9.66. The SMILES string of the molecule is CCCNc1nc(N(C)C(CC)CC)c2cc(C)sc2n1. The lowest BCUT2D eigenvalue weighted by Gasteiger charge is -2.28. The molecule has 0 atom stereocenters. The molecular weight excluding hydrogens is 280 g/mol. The lowest BCUT2D eigenvalue weighted by atomic mass is 10.1. The molecule has 21 heavy (non-hydrogen) atoms. The first-order valence-corrected chi connectivity index (χ1v) is 8.67. The first-order chi connectivity index (χ1) is 10.1. The van der Waals surface area contributed by atoms with Crippen molar-refractivity contribution in [3.63, 3.8) is 0 Å². The van der Waals surface area contributed by atoms with Crippen LogP contribution in [0, 0.1) is 6.92 Å². The number of aryl methyl sites for hydroxylation is 1. The summed E-state index contributed by atoms with van der Waals surface area (Å²) in [4.78, 5) is 14.1. The maximum Gasteiger partial charge on any atom is 0.226 e. The molecule has 0 unspecified atom stereocenters. The Hall–Kier alpha value is -1.36. The van der Waals surface area contributed by atoms with E-state index in [1.54, 1.807) is 11.3 Å². The van der Waals surface area contributed by atoms with E-state index in [4.69, 9.17) is 4.98 Å². The van der Waals surface area contributed by atoms with Gasteiger partial charge in [0, 0.05) is 24.5 Å². The molecule has 0 fully saturated rings. The van der Waals surface area contributed by atoms with Crippen LogP contribution in [0.25, 0.3) is 10.2 Å². The fourth-order valence-electron chi connectivity index (χ4n) is 2.62. The largest absolute Gasteiger partial charge is 0.356 e. The quantitative estimate of drug-likeness (QED) is 0.820. The number of rotatable bonds is 7. The van der Waals surface area contributed by atoms with Crippen molar-refractivity contribution in [2.45, 2.75) is 53.0 Å². The minimum Gasteiger partial charge on any atom is -0.356 e. The fraction of sp³-hybridized carbons (Fsp3) is 0.625. The van der Waals surface area contributed by atoms with Gasteiger partial charge in [-0.2, -0.15) is 4.98 Å². The van der Waals surface area contributed by atoms with Gasteiger partial charge in [-0.25, -0.2) is 4.98 Å². The molecule has 0 aliphatic heterocycles. The maximum absolute atomic E-state index is 4.78. The first kappa shape index (κ1) is 16.0. The zero-order valence-corrected chi connectivity index (χ0v) is 14.5. The first-order valence-electron chi connectivity index (χ1n) is 7.85. The normalized spacial score (nSPS) is 11.3. The van der Waals surface area contributed by atoms with Crippen LogP contribution in [0.4, 0.5) is 11.8 Å². The van der Waals surface area contributed by atoms with Gasteiger partial charge in [0.1, 0.15) is 10.6 Å². The summed E-state index contributed by atoms with van der Waals surface area (Å²) >= 11 is 1.74. The van der Waals surface area contributed by atoms with Gasteiger partial charge < -0.3 is 10.2 Å². The second-order valence-electron chi connectivity index (χ2n) is 5.45. The van der Waals surface area contributed by atoms with Crippen LogP contribution in [0.15, 0.2) is 6.07 Å². The van der Waals surface area contributed by atoms with Gasteiger partial charge in [-0.3, -0.25) is 0 Å². The molecule has 2 rings (SSSR count). The lowest BCUT2D eigenvalue weighted by Crippen LogP contribution is -2.31. The van der Waals surface area contributed by atoms with Crippen LogP contribution in [-0.2, 0) is 0 Å². The molecule has 0 aliphatic rings. The van der Waals surface area contributed by atoms with E-state index >= 15 is 0 Å². The Balaban J connectivity index is 2.47. The molecule has 0 bridgehead atoms. The lowest BCUT2D eigenvalue weighted by molar-refractivity contribution is 0.588. The molecule has 2 aromatic heterocycles. The fourth-order valence-corrected chi connectivity index (χ4v) is 3.49. The molecule has 0 saturated heterocycles. The van der Waals surface area contributed by atoms with Crippen LogP contribution in [0.2, 0.25) is 0 Å². The monoisotopic (exact) mass is 306 g/mol. The number of fused-ring (bicyclic) bond motifs is 1. The second-order valence-corrected chi connectivity index (χ2v) is 6.69. The molecule has 0 spiro atoms. The number of thiophene rings is 1. The molecular formula is C16H26N4S. The summed E-state index contributed by atoms with van der Waals surface area (Å²) in [7, 11) is 2.15. The van der Waals surface area contributed by atoms with E-state index in [1.807, 2.05) is 0 Å². The topological polar surface area (TPSA) is 41.1 Å². The summed E-state index contributed by atoms with van der Waals surface area (Å²) < 4.78 is 0. The zero-order chi connectivity index (χ0) is 15.4. The Kier molecular flexibility index (Phi) is 5.39. The highest BCUT2D eigenvalue weighted by Gasteiger charge is 2.18. The van der Waals surface area contributed by atoms with Crippen LogP contribution in [0.5, 0.6) is 0 Å². The van der Waals surface area contributed by atoms with Gasteiger partial charge in [0.15, 0.2) is 0 Å². The van der Waals surface area contributed by atoms with E-state index in [1.165, 1.54) is 10.3 Å². The van der Waals surface area contributed by atoms with Crippen molar-refractivity contribution in [2.24, 2.45) is 0 Å². The van der Waals surface area contributed by atoms with E-state index in [2.05, 4.69) is 56.0 Å². The number of hydrogen-bond donors (Lipinski definition) is 1. The molecule has 2 heterocycles. The minimum atomic E-state index is 0.516. The van der Waals surface area contributed by atoms with Crippen molar-refractivity contribution in [1.82, 2.24) is 9.97 Å². The van der Waals surface area contributed by atoms with Crippen LogP contribution in [-0.4, -0.2) is 29.6 Å². The molecule has 0 amide bonds. The maximum atomic E-state index is 4.78. The molecule has 0 aliphatic carbocycles. The van der Waals surface area contributed by atoms with Crippen LogP contribution in [0.3, 0.4) is 0 Å². The molecule has 2 aromatic rings. The van der Waals surface area contributed by atoms with Crippen molar-refractivity contribution in [1.29, 1.82) is 0 Å². The van der Waals surface area contributed by atoms with Gasteiger partial charge in [0.2, 0.25) is 5.95 Å². The molecule has 4 nitrogen and oxygen atoms in total. The Morgan fingerprint density at radius 2 is 1.95 bits per heavy atom. The van der Waals surface area contributed by atoms with Crippen LogP contribution in [0.1, 0.15) is 44.9 Å². The van der Waals surface area contributed by atoms with Gasteiger partial charge >= 0.3 is 0 Å². The van der Waals surface area contributed by atoms with Gasteiger partial charge in [0.05, 0.1) is 5.39 Å². The number of nitrogens with one attached hydrogen (secondary N) is 1. The summed E-state index contributed by atoms with van der Waals surface area (Å²) in [5.41, 5.74) is 0. The van der Waals surface area contributed by atoms with Crippen molar-refractivity contribution >= 4 is 33.3 Å². The van der Waals surface area contributed by atoms with Crippen molar-refractivity contribution in [3.8, 4) is 0 Å². The highest BCUT2D eigenvalue weighted by atomic mass is 32.1. The number of aromatic nitrogens is 2. The van der Waals surface area contributed by atoms with Crippen molar-refractivity contribution in [2.75, 3.05) is 23.8 Å². The Bertz CT molecular complexity index is 589. The van der Waals surface area contributed by atoms with Crippen LogP contribution < -0.4 is 10.2 Å². The van der Waals surface area contributed by atoms with E-state index in [0.717, 1.165) is 42.4 Å². The average molecular weight is 306 g/mol. The van der Waals surface area contributed by atoms with E-state index in [9.17, 15) is 0 Å². The third kappa shape index (κ3) is 3.46. The Morgan fingerprint density at radius 1 is 1.24 bits per heavy atom. The van der Waals surface area contributed by atoms with E-state index in [0.29, 0.717) is 6.04 Å². The van der Waals surface area contributed by atoms with Gasteiger partial charge in [-0.05, 0) is 32.3 Å². The highest BCUT2D eigenvalue weighted by Crippen LogP contribution is 2.32. The van der Waals surface area contributed by atoms with Crippen molar-refractivity contribution in [3.05, 3.63) is 10.9 Å². The number of nitrogens with zero attached hydrogens (tertiary/aromatic N) is 3. The Labute approximate surface area is 131 Å². The summed E-state index contributed by atoms with van der Waals surface area (Å²) in [6.07, 6.45) is 3.32. The molecule has 0 aromatic carbocycles. The third-order valence-electron chi connectivity index (χ3n) is 3.85. The number of hydrogen-bond acceptors (Lipinski definition) is 5. The number of anilines is 2. The van der Waals surface area contributed by atoms with Crippen LogP contribution >= 0.6 is 11.3 Å². The standard InChI is InChI=1S/C16H26N4S/c1-6-9-17-16-18-14(20(5)12(7-2)8-3)13-10-11(4)21-15(13)19-16/h10,12H,6-9H2,1-5H3,(H,17,18,19). The van der Waals surface area contributed by atoms with Gasteiger partial charge in [-0.1, -0.05) is 20.8 Å². The zero-order valence-electron chi connectivity index (χ0n) is 13.7. The van der Waals surface area contributed by atoms with Gasteiger partial charge in [-0.15, -0.1) is 11.3 Å². The summed E-state index contributed by atoms with van der Waals surface area (Å²) in [5, 5.41) is 4.50. The second kappa shape index (κ2) is 7.07. The third-order valence-corrected chi connectivity index (χ3v) is 4.80. The molecule has 5 heteroatoms. The smallest absolute Gasteiger partial charge is 0.226 e. The Morgan fingerprint density at radius 3 is 2.57 bits per heavy atom. The van der Waals surface area contributed by atoms with E-state index in [-0.39, 0.29) is 0 Å². The minimum absolute atomic E-state index is 0.516. The van der Waals surface area contributed by atoms with E-state index < -0.39 is 0 Å². The highest BCUT2D eigenvalue weighted by molar-refractivity contribution is 7.18. The summed E-state index contributed by atoms with van der Waals surface area (Å²) in [6, 6.07) is 2.72. The summed E-state index contributed by atoms with van der Waals surface area (Å²) in [5.74, 6) is 1.80. The predicted molar refractivity (Wildman–Crippen MR) is 93.7 cm³/mol.